The molecule has 0 aliphatic carbocycles. The highest BCUT2D eigenvalue weighted by atomic mass is 32.2. The molecule has 0 unspecified atom stereocenters. The van der Waals surface area contributed by atoms with E-state index in [-0.39, 0.29) is 6.67 Å². The Morgan fingerprint density at radius 2 is 1.79 bits per heavy atom. The second-order valence-corrected chi connectivity index (χ2v) is 8.59. The van der Waals surface area contributed by atoms with Gasteiger partial charge in [-0.05, 0) is 30.0 Å². The molecule has 1 aromatic carbocycles. The highest BCUT2D eigenvalue weighted by molar-refractivity contribution is 7.94. The molecule has 8 heteroatoms. The summed E-state index contributed by atoms with van der Waals surface area (Å²) in [6.45, 7) is 3.04. The van der Waals surface area contributed by atoms with Gasteiger partial charge in [-0.25, -0.2) is 22.7 Å². The second-order valence-electron chi connectivity index (χ2n) is 5.55. The van der Waals surface area contributed by atoms with E-state index in [1.807, 2.05) is 29.2 Å². The molecule has 0 bridgehead atoms. The van der Waals surface area contributed by atoms with E-state index < -0.39 is 10.0 Å². The lowest BCUT2D eigenvalue weighted by atomic mass is 10.3. The Kier molecular flexibility index (Phi) is 3.65. The lowest BCUT2D eigenvalue weighted by Gasteiger charge is -2.19. The fourth-order valence-electron chi connectivity index (χ4n) is 2.81. The van der Waals surface area contributed by atoms with E-state index in [2.05, 4.69) is 16.9 Å². The summed E-state index contributed by atoms with van der Waals surface area (Å²) in [5.41, 5.74) is 1.47. The maximum absolute atomic E-state index is 13.0. The van der Waals surface area contributed by atoms with E-state index in [0.717, 1.165) is 18.5 Å². The van der Waals surface area contributed by atoms with Gasteiger partial charge >= 0.3 is 0 Å². The van der Waals surface area contributed by atoms with Crippen LogP contribution in [-0.2, 0) is 10.0 Å². The molecule has 0 amide bonds. The Morgan fingerprint density at radius 1 is 1.08 bits per heavy atom. The smallest absolute Gasteiger partial charge is 0.276 e. The molecule has 1 aliphatic heterocycles. The number of aromatic nitrogens is 2. The fraction of sp³-hybridized carbons (Fsp3) is 0.250. The first kappa shape index (κ1) is 15.3. The summed E-state index contributed by atoms with van der Waals surface area (Å²) in [7, 11) is -3.62. The number of benzene rings is 1. The van der Waals surface area contributed by atoms with Crippen LogP contribution in [0.15, 0.2) is 46.0 Å². The van der Waals surface area contributed by atoms with Gasteiger partial charge in [0.05, 0.1) is 11.0 Å². The quantitative estimate of drug-likeness (QED) is 0.715. The van der Waals surface area contributed by atoms with E-state index in [4.69, 9.17) is 0 Å². The first-order chi connectivity index (χ1) is 11.6. The monoisotopic (exact) mass is 360 g/mol. The van der Waals surface area contributed by atoms with Crippen molar-refractivity contribution in [3.8, 4) is 0 Å². The van der Waals surface area contributed by atoms with Crippen molar-refractivity contribution in [3.05, 3.63) is 41.8 Å². The van der Waals surface area contributed by atoms with E-state index in [1.54, 1.807) is 17.5 Å². The molecule has 0 fully saturated rings. The van der Waals surface area contributed by atoms with Gasteiger partial charge in [-0.1, -0.05) is 25.1 Å². The lowest BCUT2D eigenvalue weighted by molar-refractivity contribution is 0.592. The van der Waals surface area contributed by atoms with Gasteiger partial charge in [0.2, 0.25) is 0 Å². The molecule has 0 atom stereocenters. The Balaban J connectivity index is 1.89. The third-order valence-electron chi connectivity index (χ3n) is 3.90. The minimum Gasteiger partial charge on any atom is -0.335 e. The summed E-state index contributed by atoms with van der Waals surface area (Å²) in [4.78, 5) is 11.2. The predicted molar refractivity (Wildman–Crippen MR) is 96.0 cm³/mol. The first-order valence-electron chi connectivity index (χ1n) is 7.69. The number of hydrogen-bond acceptors (Lipinski definition) is 6. The van der Waals surface area contributed by atoms with Crippen LogP contribution in [0.5, 0.6) is 0 Å². The molecular weight excluding hydrogens is 344 g/mol. The number of thiophene rings is 1. The Morgan fingerprint density at radius 3 is 2.42 bits per heavy atom. The molecular formula is C16H16N4O2S2. The molecule has 3 aromatic rings. The molecule has 24 heavy (non-hydrogen) atoms. The zero-order valence-corrected chi connectivity index (χ0v) is 14.7. The van der Waals surface area contributed by atoms with Gasteiger partial charge in [-0.15, -0.1) is 11.3 Å². The number of rotatable bonds is 4. The normalized spacial score (nSPS) is 14.4. The molecule has 0 saturated heterocycles. The Bertz CT molecular complexity index is 986. The fourth-order valence-corrected chi connectivity index (χ4v) is 5.29. The number of nitrogens with zero attached hydrogens (tertiary/aromatic N) is 4. The number of sulfonamides is 1. The third-order valence-corrected chi connectivity index (χ3v) is 7.00. The minimum absolute atomic E-state index is 0.250. The zero-order valence-electron chi connectivity index (χ0n) is 13.1. The predicted octanol–water partition coefficient (Wildman–Crippen LogP) is 3.07. The van der Waals surface area contributed by atoms with Crippen molar-refractivity contribution in [2.45, 2.75) is 17.6 Å². The third kappa shape index (κ3) is 2.33. The Hall–Kier alpha value is -2.19. The van der Waals surface area contributed by atoms with Gasteiger partial charge < -0.3 is 4.90 Å². The van der Waals surface area contributed by atoms with Crippen molar-refractivity contribution in [2.75, 3.05) is 22.4 Å². The molecule has 0 saturated carbocycles. The number of hydrogen-bond donors (Lipinski definition) is 0. The average molecular weight is 360 g/mol. The van der Waals surface area contributed by atoms with Crippen molar-refractivity contribution in [1.29, 1.82) is 0 Å². The van der Waals surface area contributed by atoms with Crippen LogP contribution in [0.3, 0.4) is 0 Å². The van der Waals surface area contributed by atoms with Crippen LogP contribution in [0.4, 0.5) is 11.6 Å². The number of fused-ring (bicyclic) bond motifs is 2. The van der Waals surface area contributed by atoms with Gasteiger partial charge in [-0.2, -0.15) is 0 Å². The summed E-state index contributed by atoms with van der Waals surface area (Å²) >= 11 is 1.21. The van der Waals surface area contributed by atoms with Crippen LogP contribution in [-0.4, -0.2) is 31.6 Å². The van der Waals surface area contributed by atoms with Crippen molar-refractivity contribution in [2.24, 2.45) is 0 Å². The molecule has 0 N–H and O–H groups in total. The molecule has 0 spiro atoms. The van der Waals surface area contributed by atoms with E-state index >= 15 is 0 Å². The van der Waals surface area contributed by atoms with E-state index in [1.165, 1.54) is 15.6 Å². The molecule has 2 aromatic heterocycles. The molecule has 4 rings (SSSR count). The van der Waals surface area contributed by atoms with E-state index in [0.29, 0.717) is 21.4 Å². The van der Waals surface area contributed by atoms with Crippen LogP contribution in [0, 0.1) is 0 Å². The van der Waals surface area contributed by atoms with E-state index in [9.17, 15) is 8.42 Å². The highest BCUT2D eigenvalue weighted by Crippen LogP contribution is 2.38. The van der Waals surface area contributed by atoms with Gasteiger partial charge in [0.15, 0.2) is 11.6 Å². The second kappa shape index (κ2) is 5.71. The zero-order chi connectivity index (χ0) is 16.7. The van der Waals surface area contributed by atoms with Crippen LogP contribution in [0.1, 0.15) is 13.3 Å². The SMILES string of the molecule is CCCN1CN(S(=O)(=O)c2cccs2)c2nc3ccccc3nc21. The summed E-state index contributed by atoms with van der Waals surface area (Å²) in [5.74, 6) is 1.05. The Labute approximate surface area is 144 Å². The maximum atomic E-state index is 13.0. The summed E-state index contributed by atoms with van der Waals surface area (Å²) < 4.78 is 27.7. The van der Waals surface area contributed by atoms with Gasteiger partial charge in [-0.3, -0.25) is 0 Å². The van der Waals surface area contributed by atoms with Crippen molar-refractivity contribution >= 4 is 44.0 Å². The van der Waals surface area contributed by atoms with Crippen LogP contribution >= 0.6 is 11.3 Å². The largest absolute Gasteiger partial charge is 0.335 e. The topological polar surface area (TPSA) is 66.4 Å². The maximum Gasteiger partial charge on any atom is 0.276 e. The summed E-state index contributed by atoms with van der Waals surface area (Å²) in [6.07, 6.45) is 0.904. The van der Waals surface area contributed by atoms with Gasteiger partial charge in [0.25, 0.3) is 10.0 Å². The van der Waals surface area contributed by atoms with Crippen molar-refractivity contribution < 1.29 is 8.42 Å². The van der Waals surface area contributed by atoms with Crippen molar-refractivity contribution in [1.82, 2.24) is 9.97 Å². The van der Waals surface area contributed by atoms with Crippen molar-refractivity contribution in [3.63, 3.8) is 0 Å². The number of anilines is 2. The number of para-hydroxylation sites is 2. The van der Waals surface area contributed by atoms with Gasteiger partial charge in [0, 0.05) is 6.54 Å². The lowest BCUT2D eigenvalue weighted by Crippen LogP contribution is -2.35. The van der Waals surface area contributed by atoms with Crippen LogP contribution < -0.4 is 9.21 Å². The molecule has 3 heterocycles. The molecule has 1 aliphatic rings. The first-order valence-corrected chi connectivity index (χ1v) is 10.0. The molecule has 0 radical (unpaired) electrons. The van der Waals surface area contributed by atoms with Crippen LogP contribution in [0.25, 0.3) is 11.0 Å². The average Bonchev–Trinajstić information content (AvgIpc) is 3.22. The highest BCUT2D eigenvalue weighted by Gasteiger charge is 2.38. The summed E-state index contributed by atoms with van der Waals surface area (Å²) in [5, 5.41) is 1.76. The minimum atomic E-state index is -3.62. The summed E-state index contributed by atoms with van der Waals surface area (Å²) in [6, 6.07) is 10.9. The van der Waals surface area contributed by atoms with Crippen LogP contribution in [0.2, 0.25) is 0 Å². The molecule has 124 valence electrons. The molecule has 6 nitrogen and oxygen atoms in total. The standard InChI is InChI=1S/C16H16N4O2S2/c1-2-9-19-11-20(24(21,22)14-8-5-10-23-14)16-15(19)17-12-6-3-4-7-13(12)18-16/h3-8,10H,2,9,11H2,1H3. The van der Waals surface area contributed by atoms with Gasteiger partial charge in [0.1, 0.15) is 10.9 Å².